The molecule has 0 radical (unpaired) electrons. The van der Waals surface area contributed by atoms with Crippen LogP contribution in [0.15, 0.2) is 61.1 Å². The summed E-state index contributed by atoms with van der Waals surface area (Å²) in [5.74, 6) is 0.962. The molecule has 0 atom stereocenters. The molecule has 5 heterocycles. The smallest absolute Gasteiger partial charge is 0.155 e. The summed E-state index contributed by atoms with van der Waals surface area (Å²) in [4.78, 5) is 20.3. The number of aryl methyl sites for hydroxylation is 3. The summed E-state index contributed by atoms with van der Waals surface area (Å²) in [6, 6.07) is 17.1. The first-order valence-corrected chi connectivity index (χ1v) is 13.0. The van der Waals surface area contributed by atoms with Crippen LogP contribution in [0, 0.1) is 6.92 Å². The SMILES string of the molecule is Cc1cccc(-c2[nH]c(CCc3ccc4c(c3)CCN(C(C)(C)C)C4)nc2-c2ccc3ncnn3c2)n1. The number of nitrogens with zero attached hydrogens (tertiary/aromatic N) is 6. The Labute approximate surface area is 217 Å². The van der Waals surface area contributed by atoms with Crippen LogP contribution in [-0.4, -0.2) is 46.5 Å². The van der Waals surface area contributed by atoms with Crippen LogP contribution in [0.5, 0.6) is 0 Å². The predicted molar refractivity (Wildman–Crippen MR) is 146 cm³/mol. The molecule has 0 fully saturated rings. The van der Waals surface area contributed by atoms with Gasteiger partial charge in [-0.1, -0.05) is 24.3 Å². The molecule has 7 nitrogen and oxygen atoms in total. The minimum atomic E-state index is 0.204. The molecule has 0 aliphatic carbocycles. The predicted octanol–water partition coefficient (Wildman–Crippen LogP) is 5.43. The molecule has 0 spiro atoms. The van der Waals surface area contributed by atoms with Gasteiger partial charge in [-0.15, -0.1) is 0 Å². The molecule has 5 aromatic rings. The Morgan fingerprint density at radius 3 is 2.70 bits per heavy atom. The number of aromatic nitrogens is 6. The maximum Gasteiger partial charge on any atom is 0.155 e. The zero-order valence-electron chi connectivity index (χ0n) is 22.0. The molecule has 0 unspecified atom stereocenters. The van der Waals surface area contributed by atoms with Crippen LogP contribution < -0.4 is 0 Å². The number of rotatable bonds is 5. The van der Waals surface area contributed by atoms with Crippen LogP contribution in [0.1, 0.15) is 49.0 Å². The lowest BCUT2D eigenvalue weighted by molar-refractivity contribution is 0.121. The lowest BCUT2D eigenvalue weighted by Gasteiger charge is -2.39. The second kappa shape index (κ2) is 9.23. The van der Waals surface area contributed by atoms with Gasteiger partial charge in [0.05, 0.1) is 17.1 Å². The van der Waals surface area contributed by atoms with E-state index in [0.717, 1.165) is 72.2 Å². The molecule has 0 amide bonds. The number of hydrogen-bond acceptors (Lipinski definition) is 5. The van der Waals surface area contributed by atoms with E-state index < -0.39 is 0 Å². The van der Waals surface area contributed by atoms with Crippen molar-refractivity contribution >= 4 is 5.65 Å². The van der Waals surface area contributed by atoms with Crippen molar-refractivity contribution in [1.29, 1.82) is 0 Å². The Balaban J connectivity index is 1.28. The zero-order valence-corrected chi connectivity index (χ0v) is 22.0. The summed E-state index contributed by atoms with van der Waals surface area (Å²) >= 11 is 0. The number of pyridine rings is 2. The molecule has 4 aromatic heterocycles. The molecule has 0 saturated carbocycles. The number of nitrogens with one attached hydrogen (secondary N) is 1. The zero-order chi connectivity index (χ0) is 25.6. The molecule has 1 N–H and O–H groups in total. The van der Waals surface area contributed by atoms with Crippen molar-refractivity contribution < 1.29 is 0 Å². The molecular weight excluding hydrogens is 458 g/mol. The Morgan fingerprint density at radius 2 is 1.86 bits per heavy atom. The van der Waals surface area contributed by atoms with Crippen LogP contribution in [-0.2, 0) is 25.8 Å². The molecule has 188 valence electrons. The summed E-state index contributed by atoms with van der Waals surface area (Å²) in [6.07, 6.45) is 6.42. The standard InChI is InChI=1S/C30H33N7/c1-20-6-5-7-25(33-20)29-28(24-11-13-27-31-19-32-37(27)18-24)34-26(35-29)12-9-21-8-10-23-17-36(30(2,3)4)15-14-22(23)16-21/h5-8,10-11,13,16,18-19H,9,12,14-15,17H2,1-4H3,(H,34,35). The first-order valence-electron chi connectivity index (χ1n) is 13.0. The Morgan fingerprint density at radius 1 is 0.973 bits per heavy atom. The van der Waals surface area contributed by atoms with Crippen LogP contribution in [0.2, 0.25) is 0 Å². The van der Waals surface area contributed by atoms with Crippen molar-refractivity contribution in [3.8, 4) is 22.6 Å². The van der Waals surface area contributed by atoms with Gasteiger partial charge >= 0.3 is 0 Å². The number of fused-ring (bicyclic) bond motifs is 2. The maximum atomic E-state index is 5.05. The average Bonchev–Trinajstić information content (AvgIpc) is 3.53. The molecule has 0 bridgehead atoms. The maximum absolute atomic E-state index is 5.05. The first kappa shape index (κ1) is 23.6. The number of aromatic amines is 1. The van der Waals surface area contributed by atoms with Crippen LogP contribution in [0.3, 0.4) is 0 Å². The lowest BCUT2D eigenvalue weighted by atomic mass is 9.93. The highest BCUT2D eigenvalue weighted by Crippen LogP contribution is 2.30. The van der Waals surface area contributed by atoms with Crippen molar-refractivity contribution in [3.05, 3.63) is 89.3 Å². The highest BCUT2D eigenvalue weighted by atomic mass is 15.3. The van der Waals surface area contributed by atoms with Gasteiger partial charge in [0, 0.05) is 42.5 Å². The lowest BCUT2D eigenvalue weighted by Crippen LogP contribution is -2.44. The number of imidazole rings is 1. The van der Waals surface area contributed by atoms with E-state index in [-0.39, 0.29) is 5.54 Å². The Kier molecular flexibility index (Phi) is 5.88. The number of H-pyrrole nitrogens is 1. The molecule has 7 heteroatoms. The fourth-order valence-electron chi connectivity index (χ4n) is 5.17. The molecule has 0 saturated heterocycles. The summed E-state index contributed by atoms with van der Waals surface area (Å²) < 4.78 is 1.78. The van der Waals surface area contributed by atoms with Crippen LogP contribution in [0.25, 0.3) is 28.3 Å². The average molecular weight is 492 g/mol. The number of hydrogen-bond donors (Lipinski definition) is 1. The van der Waals surface area contributed by atoms with Crippen molar-refractivity contribution in [1.82, 2.24) is 34.4 Å². The Bertz CT molecular complexity index is 1570. The van der Waals surface area contributed by atoms with E-state index in [4.69, 9.17) is 9.97 Å². The third kappa shape index (κ3) is 4.79. The highest BCUT2D eigenvalue weighted by molar-refractivity contribution is 5.77. The normalized spacial score (nSPS) is 14.3. The van der Waals surface area contributed by atoms with Gasteiger partial charge in [-0.2, -0.15) is 5.10 Å². The van der Waals surface area contributed by atoms with E-state index >= 15 is 0 Å². The minimum absolute atomic E-state index is 0.204. The van der Waals surface area contributed by atoms with E-state index in [1.807, 2.05) is 43.5 Å². The topological polar surface area (TPSA) is 75.0 Å². The fraction of sp³-hybridized carbons (Fsp3) is 0.333. The van der Waals surface area contributed by atoms with Gasteiger partial charge < -0.3 is 4.98 Å². The van der Waals surface area contributed by atoms with Crippen LogP contribution in [0.4, 0.5) is 0 Å². The van der Waals surface area contributed by atoms with Gasteiger partial charge in [0.15, 0.2) is 5.65 Å². The highest BCUT2D eigenvalue weighted by Gasteiger charge is 2.25. The van der Waals surface area contributed by atoms with Crippen LogP contribution >= 0.6 is 0 Å². The second-order valence-electron chi connectivity index (χ2n) is 11.0. The summed E-state index contributed by atoms with van der Waals surface area (Å²) in [7, 11) is 0. The monoisotopic (exact) mass is 491 g/mol. The minimum Gasteiger partial charge on any atom is -0.340 e. The molecule has 1 aromatic carbocycles. The van der Waals surface area contributed by atoms with E-state index in [1.165, 1.54) is 16.7 Å². The van der Waals surface area contributed by atoms with Gasteiger partial charge in [0.25, 0.3) is 0 Å². The molecule has 1 aliphatic heterocycles. The van der Waals surface area contributed by atoms with Gasteiger partial charge in [0.2, 0.25) is 0 Å². The largest absolute Gasteiger partial charge is 0.340 e. The van der Waals surface area contributed by atoms with Gasteiger partial charge in [0.1, 0.15) is 12.2 Å². The third-order valence-electron chi connectivity index (χ3n) is 7.33. The van der Waals surface area contributed by atoms with Gasteiger partial charge in [-0.05, 0) is 81.5 Å². The van der Waals surface area contributed by atoms with Crippen molar-refractivity contribution in [3.63, 3.8) is 0 Å². The fourth-order valence-corrected chi connectivity index (χ4v) is 5.17. The summed E-state index contributed by atoms with van der Waals surface area (Å²) in [5, 5.41) is 4.31. The van der Waals surface area contributed by atoms with Gasteiger partial charge in [-0.3, -0.25) is 9.88 Å². The van der Waals surface area contributed by atoms with E-state index in [9.17, 15) is 0 Å². The van der Waals surface area contributed by atoms with Gasteiger partial charge in [-0.25, -0.2) is 14.5 Å². The van der Waals surface area contributed by atoms with E-state index in [2.05, 4.69) is 58.9 Å². The van der Waals surface area contributed by atoms with Crippen molar-refractivity contribution in [2.24, 2.45) is 0 Å². The summed E-state index contributed by atoms with van der Waals surface area (Å²) in [5.41, 5.74) is 10.0. The number of benzene rings is 1. The van der Waals surface area contributed by atoms with Crippen molar-refractivity contribution in [2.45, 2.75) is 59.0 Å². The Hall–Kier alpha value is -3.84. The quantitative estimate of drug-likeness (QED) is 0.355. The first-order chi connectivity index (χ1) is 17.8. The molecule has 37 heavy (non-hydrogen) atoms. The third-order valence-corrected chi connectivity index (χ3v) is 7.33. The molecular formula is C30H33N7. The van der Waals surface area contributed by atoms with E-state index in [0.29, 0.717) is 0 Å². The molecule has 1 aliphatic rings. The summed E-state index contributed by atoms with van der Waals surface area (Å²) in [6.45, 7) is 11.1. The van der Waals surface area contributed by atoms with E-state index in [1.54, 1.807) is 10.8 Å². The molecule has 6 rings (SSSR count). The second-order valence-corrected chi connectivity index (χ2v) is 11.0. The van der Waals surface area contributed by atoms with Crippen molar-refractivity contribution in [2.75, 3.05) is 6.54 Å².